The number of aliphatic hydroxyl groups excluding tert-OH is 1. The topological polar surface area (TPSA) is 82.1 Å². The van der Waals surface area contributed by atoms with Gasteiger partial charge in [0.2, 0.25) is 0 Å². The molecule has 6 nitrogen and oxygen atoms in total. The predicted molar refractivity (Wildman–Crippen MR) is 47.7 cm³/mol. The average molecular weight is 218 g/mol. The van der Waals surface area contributed by atoms with E-state index in [1.807, 2.05) is 0 Å². The van der Waals surface area contributed by atoms with Crippen molar-refractivity contribution in [1.29, 1.82) is 0 Å². The van der Waals surface area contributed by atoms with E-state index in [9.17, 15) is 14.7 Å². The minimum atomic E-state index is -1.26. The highest BCUT2D eigenvalue weighted by atomic mass is 16.7. The fourth-order valence-electron chi connectivity index (χ4n) is 1.48. The van der Waals surface area contributed by atoms with E-state index in [2.05, 4.69) is 0 Å². The molecule has 0 radical (unpaired) electrons. The Labute approximate surface area is 87.1 Å². The maximum absolute atomic E-state index is 10.8. The Balaban J connectivity index is 2.70. The van der Waals surface area contributed by atoms with Crippen molar-refractivity contribution >= 4 is 11.9 Å². The largest absolute Gasteiger partial charge is 0.456 e. The van der Waals surface area contributed by atoms with E-state index in [4.69, 9.17) is 14.2 Å². The Bertz CT molecular complexity index is 237. The van der Waals surface area contributed by atoms with Gasteiger partial charge in [0.1, 0.15) is 0 Å². The van der Waals surface area contributed by atoms with Gasteiger partial charge in [-0.3, -0.25) is 9.59 Å². The number of carbonyl (C=O) groups is 2. The molecule has 0 aromatic rings. The second-order valence-electron chi connectivity index (χ2n) is 3.38. The standard InChI is InChI=1S/C9H14O6/c1-4-7(14-5(2)10)8(9(12)13-4)15-6(3)11/h4,7-9,12H,1-3H3/t4-,7+,8-,9+/m0/s1. The van der Waals surface area contributed by atoms with Crippen molar-refractivity contribution in [1.82, 2.24) is 0 Å². The first-order valence-electron chi connectivity index (χ1n) is 4.59. The molecule has 0 saturated carbocycles. The molecule has 1 N–H and O–H groups in total. The van der Waals surface area contributed by atoms with Gasteiger partial charge in [0.05, 0.1) is 6.10 Å². The van der Waals surface area contributed by atoms with Crippen LogP contribution in [-0.2, 0) is 23.8 Å². The third kappa shape index (κ3) is 2.90. The molecule has 4 atom stereocenters. The van der Waals surface area contributed by atoms with E-state index in [0.29, 0.717) is 0 Å². The Morgan fingerprint density at radius 1 is 1.13 bits per heavy atom. The van der Waals surface area contributed by atoms with Gasteiger partial charge >= 0.3 is 11.9 Å². The van der Waals surface area contributed by atoms with Gasteiger partial charge < -0.3 is 19.3 Å². The number of esters is 2. The minimum absolute atomic E-state index is 0.506. The number of rotatable bonds is 2. The molecular formula is C9H14O6. The van der Waals surface area contributed by atoms with E-state index in [0.717, 1.165) is 0 Å². The highest BCUT2D eigenvalue weighted by Gasteiger charge is 2.46. The van der Waals surface area contributed by atoms with Gasteiger partial charge in [0, 0.05) is 13.8 Å². The van der Waals surface area contributed by atoms with Gasteiger partial charge in [-0.15, -0.1) is 0 Å². The molecule has 1 fully saturated rings. The number of hydrogen-bond acceptors (Lipinski definition) is 6. The molecule has 86 valence electrons. The van der Waals surface area contributed by atoms with E-state index in [-0.39, 0.29) is 0 Å². The Hall–Kier alpha value is -1.14. The number of carbonyl (C=O) groups excluding carboxylic acids is 2. The van der Waals surface area contributed by atoms with Crippen LogP contribution in [-0.4, -0.2) is 41.6 Å². The second-order valence-corrected chi connectivity index (χ2v) is 3.38. The Morgan fingerprint density at radius 2 is 1.60 bits per heavy atom. The van der Waals surface area contributed by atoms with Crippen LogP contribution >= 0.6 is 0 Å². The Morgan fingerprint density at radius 3 is 2.07 bits per heavy atom. The lowest BCUT2D eigenvalue weighted by Gasteiger charge is -2.20. The summed E-state index contributed by atoms with van der Waals surface area (Å²) in [6.07, 6.45) is -3.48. The van der Waals surface area contributed by atoms with E-state index in [1.54, 1.807) is 6.92 Å². The molecule has 6 heteroatoms. The molecular weight excluding hydrogens is 204 g/mol. The first-order chi connectivity index (χ1) is 6.91. The van der Waals surface area contributed by atoms with Crippen LogP contribution < -0.4 is 0 Å². The summed E-state index contributed by atoms with van der Waals surface area (Å²) in [5.74, 6) is -1.07. The molecule has 0 unspecified atom stereocenters. The molecule has 1 aliphatic heterocycles. The summed E-state index contributed by atoms with van der Waals surface area (Å²) >= 11 is 0. The monoisotopic (exact) mass is 218 g/mol. The molecule has 1 saturated heterocycles. The lowest BCUT2D eigenvalue weighted by Crippen LogP contribution is -2.39. The van der Waals surface area contributed by atoms with Crippen molar-refractivity contribution in [2.75, 3.05) is 0 Å². The van der Waals surface area contributed by atoms with Crippen molar-refractivity contribution in [3.63, 3.8) is 0 Å². The van der Waals surface area contributed by atoms with Crippen LogP contribution in [0.5, 0.6) is 0 Å². The molecule has 0 aromatic heterocycles. The molecule has 0 amide bonds. The maximum Gasteiger partial charge on any atom is 0.303 e. The quantitative estimate of drug-likeness (QED) is 0.634. The van der Waals surface area contributed by atoms with Crippen molar-refractivity contribution in [2.24, 2.45) is 0 Å². The summed E-state index contributed by atoms with van der Waals surface area (Å²) in [7, 11) is 0. The van der Waals surface area contributed by atoms with Crippen LogP contribution in [0.25, 0.3) is 0 Å². The zero-order chi connectivity index (χ0) is 11.6. The number of hydrogen-bond donors (Lipinski definition) is 1. The van der Waals surface area contributed by atoms with Crippen LogP contribution in [0, 0.1) is 0 Å². The van der Waals surface area contributed by atoms with Crippen molar-refractivity contribution in [3.05, 3.63) is 0 Å². The molecule has 0 aromatic carbocycles. The van der Waals surface area contributed by atoms with Crippen molar-refractivity contribution in [2.45, 2.75) is 45.4 Å². The molecule has 1 heterocycles. The predicted octanol–water partition coefficient (Wildman–Crippen LogP) is -0.413. The highest BCUT2D eigenvalue weighted by Crippen LogP contribution is 2.25. The van der Waals surface area contributed by atoms with Gasteiger partial charge in [-0.1, -0.05) is 0 Å². The van der Waals surface area contributed by atoms with Gasteiger partial charge in [-0.25, -0.2) is 0 Å². The fraction of sp³-hybridized carbons (Fsp3) is 0.778. The van der Waals surface area contributed by atoms with Crippen LogP contribution in [0.1, 0.15) is 20.8 Å². The summed E-state index contributed by atoms with van der Waals surface area (Å²) in [6.45, 7) is 4.07. The first-order valence-corrected chi connectivity index (χ1v) is 4.59. The number of ether oxygens (including phenoxy) is 3. The second kappa shape index (κ2) is 4.59. The van der Waals surface area contributed by atoms with E-state index < -0.39 is 36.5 Å². The maximum atomic E-state index is 10.8. The highest BCUT2D eigenvalue weighted by molar-refractivity contribution is 5.67. The van der Waals surface area contributed by atoms with E-state index >= 15 is 0 Å². The van der Waals surface area contributed by atoms with Crippen molar-refractivity contribution < 1.29 is 28.9 Å². The first kappa shape index (κ1) is 11.9. The molecule has 1 aliphatic rings. The molecule has 0 bridgehead atoms. The van der Waals surface area contributed by atoms with Gasteiger partial charge in [0.25, 0.3) is 0 Å². The van der Waals surface area contributed by atoms with Gasteiger partial charge in [-0.2, -0.15) is 0 Å². The van der Waals surface area contributed by atoms with Crippen LogP contribution in [0.2, 0.25) is 0 Å². The summed E-state index contributed by atoms with van der Waals surface area (Å²) in [6, 6.07) is 0. The zero-order valence-corrected chi connectivity index (χ0v) is 8.80. The Kier molecular flexibility index (Phi) is 3.65. The molecule has 0 spiro atoms. The summed E-state index contributed by atoms with van der Waals surface area (Å²) < 4.78 is 14.7. The third-order valence-electron chi connectivity index (χ3n) is 2.03. The van der Waals surface area contributed by atoms with Crippen molar-refractivity contribution in [3.8, 4) is 0 Å². The molecule has 1 rings (SSSR count). The lowest BCUT2D eigenvalue weighted by atomic mass is 10.1. The van der Waals surface area contributed by atoms with Crippen LogP contribution in [0.3, 0.4) is 0 Å². The fourth-order valence-corrected chi connectivity index (χ4v) is 1.48. The SMILES string of the molecule is CC(=O)O[C@H]1[C@H](OC(C)=O)[C@H](O)O[C@H]1C. The van der Waals surface area contributed by atoms with E-state index in [1.165, 1.54) is 13.8 Å². The normalized spacial score (nSPS) is 34.9. The van der Waals surface area contributed by atoms with Crippen LogP contribution in [0.15, 0.2) is 0 Å². The summed E-state index contributed by atoms with van der Waals surface area (Å²) in [5.41, 5.74) is 0. The molecule has 0 aliphatic carbocycles. The average Bonchev–Trinajstić information content (AvgIpc) is 2.30. The van der Waals surface area contributed by atoms with Crippen LogP contribution in [0.4, 0.5) is 0 Å². The molecule has 15 heavy (non-hydrogen) atoms. The smallest absolute Gasteiger partial charge is 0.303 e. The lowest BCUT2D eigenvalue weighted by molar-refractivity contribution is -0.174. The third-order valence-corrected chi connectivity index (χ3v) is 2.03. The van der Waals surface area contributed by atoms with Gasteiger partial charge in [-0.05, 0) is 6.92 Å². The zero-order valence-electron chi connectivity index (χ0n) is 8.80. The number of aliphatic hydroxyl groups is 1. The minimum Gasteiger partial charge on any atom is -0.456 e. The summed E-state index contributed by atoms with van der Waals surface area (Å²) in [4.78, 5) is 21.5. The van der Waals surface area contributed by atoms with Gasteiger partial charge in [0.15, 0.2) is 18.5 Å². The summed E-state index contributed by atoms with van der Waals surface area (Å²) in [5, 5.41) is 9.40.